The van der Waals surface area contributed by atoms with Gasteiger partial charge in [0.1, 0.15) is 0 Å². The molecule has 0 aromatic rings. The number of nitrogens with zero attached hydrogens (tertiary/aromatic N) is 1. The number of guanidine groups is 1. The Bertz CT molecular complexity index is 376. The van der Waals surface area contributed by atoms with Crippen molar-refractivity contribution in [3.63, 3.8) is 0 Å². The maximum atomic E-state index is 10.5. The molecule has 2 fully saturated rings. The van der Waals surface area contributed by atoms with Crippen LogP contribution in [0.1, 0.15) is 52.4 Å². The summed E-state index contributed by atoms with van der Waals surface area (Å²) in [5, 5.41) is 17.3. The number of methoxy groups -OCH3 is 1. The molecule has 0 spiro atoms. The summed E-state index contributed by atoms with van der Waals surface area (Å²) in [5.74, 6) is 0.779. The summed E-state index contributed by atoms with van der Waals surface area (Å²) in [6.07, 6.45) is 6.55. The van der Waals surface area contributed by atoms with Crippen molar-refractivity contribution in [3.8, 4) is 0 Å². The van der Waals surface area contributed by atoms with Crippen LogP contribution < -0.4 is 10.6 Å². The fraction of sp³-hybridized carbons (Fsp3) is 0.938. The lowest BCUT2D eigenvalue weighted by Crippen LogP contribution is -2.63. The normalized spacial score (nSPS) is 31.4. The number of ether oxygens (including phenoxy) is 1. The molecule has 2 rings (SSSR count). The van der Waals surface area contributed by atoms with E-state index in [0.29, 0.717) is 18.7 Å². The van der Waals surface area contributed by atoms with Crippen molar-refractivity contribution < 1.29 is 9.84 Å². The standard InChI is InChI=1S/C16H31N3O2/c1-15(2)12(10-13(15)21-4)19-14(17-3)18-11-16(20)8-6-5-7-9-16/h12-13,20H,5-11H2,1-4H3,(H2,17,18,19). The van der Waals surface area contributed by atoms with E-state index < -0.39 is 5.60 Å². The van der Waals surface area contributed by atoms with Gasteiger partial charge < -0.3 is 20.5 Å². The Labute approximate surface area is 128 Å². The lowest BCUT2D eigenvalue weighted by molar-refractivity contribution is -0.0923. The molecule has 2 atom stereocenters. The molecule has 21 heavy (non-hydrogen) atoms. The molecule has 122 valence electrons. The quantitative estimate of drug-likeness (QED) is 0.545. The fourth-order valence-corrected chi connectivity index (χ4v) is 3.52. The average Bonchev–Trinajstić information content (AvgIpc) is 2.46. The van der Waals surface area contributed by atoms with Crippen molar-refractivity contribution in [1.82, 2.24) is 10.6 Å². The van der Waals surface area contributed by atoms with E-state index in [0.717, 1.165) is 38.1 Å². The molecule has 0 aromatic heterocycles. The first-order valence-electron chi connectivity index (χ1n) is 8.14. The number of hydrogen-bond acceptors (Lipinski definition) is 3. The number of nitrogens with one attached hydrogen (secondary N) is 2. The first-order valence-corrected chi connectivity index (χ1v) is 8.14. The first-order chi connectivity index (χ1) is 9.91. The molecule has 3 N–H and O–H groups in total. The molecule has 2 aliphatic rings. The van der Waals surface area contributed by atoms with Crippen molar-refractivity contribution in [1.29, 1.82) is 0 Å². The van der Waals surface area contributed by atoms with Gasteiger partial charge >= 0.3 is 0 Å². The molecule has 0 bridgehead atoms. The Kier molecular flexibility index (Phi) is 5.15. The number of hydrogen-bond donors (Lipinski definition) is 3. The Balaban J connectivity index is 1.82. The molecule has 5 heteroatoms. The molecule has 2 saturated carbocycles. The second kappa shape index (κ2) is 6.53. The van der Waals surface area contributed by atoms with Crippen molar-refractivity contribution in [3.05, 3.63) is 0 Å². The van der Waals surface area contributed by atoms with E-state index in [-0.39, 0.29) is 5.41 Å². The van der Waals surface area contributed by atoms with Crippen LogP contribution in [0.25, 0.3) is 0 Å². The van der Waals surface area contributed by atoms with Crippen LogP contribution in [0.4, 0.5) is 0 Å². The smallest absolute Gasteiger partial charge is 0.191 e. The summed E-state index contributed by atoms with van der Waals surface area (Å²) in [5.41, 5.74) is -0.464. The summed E-state index contributed by atoms with van der Waals surface area (Å²) >= 11 is 0. The van der Waals surface area contributed by atoms with Crippen molar-refractivity contribution in [2.24, 2.45) is 10.4 Å². The van der Waals surface area contributed by atoms with Crippen LogP contribution >= 0.6 is 0 Å². The highest BCUT2D eigenvalue weighted by molar-refractivity contribution is 5.80. The van der Waals surface area contributed by atoms with Crippen LogP contribution in [0.5, 0.6) is 0 Å². The highest BCUT2D eigenvalue weighted by Gasteiger charge is 2.49. The van der Waals surface area contributed by atoms with E-state index in [1.54, 1.807) is 14.2 Å². The minimum atomic E-state index is -0.569. The summed E-state index contributed by atoms with van der Waals surface area (Å²) in [6.45, 7) is 5.00. The van der Waals surface area contributed by atoms with Gasteiger partial charge in [-0.25, -0.2) is 0 Å². The van der Waals surface area contributed by atoms with Gasteiger partial charge in [0, 0.05) is 32.2 Å². The molecule has 0 saturated heterocycles. The van der Waals surface area contributed by atoms with Gasteiger partial charge in [-0.05, 0) is 19.3 Å². The van der Waals surface area contributed by atoms with Crippen LogP contribution in [0.3, 0.4) is 0 Å². The molecular formula is C16H31N3O2. The Morgan fingerprint density at radius 2 is 1.95 bits per heavy atom. The second-order valence-electron chi connectivity index (χ2n) is 7.19. The highest BCUT2D eigenvalue weighted by Crippen LogP contribution is 2.42. The zero-order chi connectivity index (χ0) is 15.5. The van der Waals surface area contributed by atoms with Crippen LogP contribution in [-0.2, 0) is 4.74 Å². The monoisotopic (exact) mass is 297 g/mol. The molecule has 0 amide bonds. The van der Waals surface area contributed by atoms with Gasteiger partial charge in [0.05, 0.1) is 11.7 Å². The lowest BCUT2D eigenvalue weighted by Gasteiger charge is -2.51. The Morgan fingerprint density at radius 1 is 1.29 bits per heavy atom. The molecule has 0 aromatic carbocycles. The van der Waals surface area contributed by atoms with E-state index in [9.17, 15) is 5.11 Å². The number of aliphatic hydroxyl groups is 1. The largest absolute Gasteiger partial charge is 0.388 e. The second-order valence-corrected chi connectivity index (χ2v) is 7.19. The highest BCUT2D eigenvalue weighted by atomic mass is 16.5. The third kappa shape index (κ3) is 3.69. The van der Waals surface area contributed by atoms with Gasteiger partial charge in [-0.15, -0.1) is 0 Å². The van der Waals surface area contributed by atoms with E-state index >= 15 is 0 Å². The lowest BCUT2D eigenvalue weighted by atomic mass is 9.64. The molecular weight excluding hydrogens is 266 g/mol. The minimum Gasteiger partial charge on any atom is -0.388 e. The topological polar surface area (TPSA) is 65.9 Å². The zero-order valence-corrected chi connectivity index (χ0v) is 13.9. The molecule has 2 aliphatic carbocycles. The van der Waals surface area contributed by atoms with Crippen molar-refractivity contribution in [2.75, 3.05) is 20.7 Å². The summed E-state index contributed by atoms with van der Waals surface area (Å²) in [6, 6.07) is 0.356. The molecule has 0 aliphatic heterocycles. The van der Waals surface area contributed by atoms with E-state index in [1.807, 2.05) is 0 Å². The SMILES string of the molecule is CN=C(NCC1(O)CCCCC1)NC1CC(OC)C1(C)C. The predicted octanol–water partition coefficient (Wildman–Crippen LogP) is 1.66. The number of rotatable bonds is 4. The van der Waals surface area contributed by atoms with Gasteiger partial charge in [0.2, 0.25) is 0 Å². The first kappa shape index (κ1) is 16.6. The van der Waals surface area contributed by atoms with Crippen molar-refractivity contribution >= 4 is 5.96 Å². The third-order valence-electron chi connectivity index (χ3n) is 5.37. The summed E-state index contributed by atoms with van der Waals surface area (Å²) in [7, 11) is 3.55. The summed E-state index contributed by atoms with van der Waals surface area (Å²) in [4.78, 5) is 4.28. The average molecular weight is 297 g/mol. The van der Waals surface area contributed by atoms with Crippen LogP contribution in [0.2, 0.25) is 0 Å². The zero-order valence-electron chi connectivity index (χ0n) is 13.9. The van der Waals surface area contributed by atoms with Gasteiger partial charge in [-0.1, -0.05) is 33.1 Å². The Morgan fingerprint density at radius 3 is 2.48 bits per heavy atom. The molecule has 5 nitrogen and oxygen atoms in total. The van der Waals surface area contributed by atoms with Gasteiger partial charge in [-0.2, -0.15) is 0 Å². The third-order valence-corrected chi connectivity index (χ3v) is 5.37. The van der Waals surface area contributed by atoms with E-state index in [2.05, 4.69) is 29.5 Å². The maximum absolute atomic E-state index is 10.5. The van der Waals surface area contributed by atoms with Gasteiger partial charge in [-0.3, -0.25) is 4.99 Å². The van der Waals surface area contributed by atoms with E-state index in [1.165, 1.54) is 6.42 Å². The fourth-order valence-electron chi connectivity index (χ4n) is 3.52. The van der Waals surface area contributed by atoms with Crippen molar-refractivity contribution in [2.45, 2.75) is 70.1 Å². The van der Waals surface area contributed by atoms with Gasteiger partial charge in [0.15, 0.2) is 5.96 Å². The molecule has 2 unspecified atom stereocenters. The maximum Gasteiger partial charge on any atom is 0.191 e. The molecule has 0 heterocycles. The Hall–Kier alpha value is -0.810. The summed E-state index contributed by atoms with van der Waals surface area (Å²) < 4.78 is 5.48. The van der Waals surface area contributed by atoms with Crippen LogP contribution in [0.15, 0.2) is 4.99 Å². The molecule has 0 radical (unpaired) electrons. The minimum absolute atomic E-state index is 0.105. The van der Waals surface area contributed by atoms with Gasteiger partial charge in [0.25, 0.3) is 0 Å². The van der Waals surface area contributed by atoms with Crippen LogP contribution in [-0.4, -0.2) is 49.5 Å². The van der Waals surface area contributed by atoms with Crippen LogP contribution in [0, 0.1) is 5.41 Å². The predicted molar refractivity (Wildman–Crippen MR) is 85.5 cm³/mol. The van der Waals surface area contributed by atoms with E-state index in [4.69, 9.17) is 4.74 Å². The number of aliphatic imine (C=N–C) groups is 1.